The molecule has 2 aliphatic rings. The number of rotatable bonds is 6. The number of piperidine rings is 1. The summed E-state index contributed by atoms with van der Waals surface area (Å²) in [6.07, 6.45) is 3.88. The summed E-state index contributed by atoms with van der Waals surface area (Å²) in [5.41, 5.74) is 0. The highest BCUT2D eigenvalue weighted by atomic mass is 16.5. The quantitative estimate of drug-likeness (QED) is 0.705. The van der Waals surface area contributed by atoms with Crippen LogP contribution in [0.1, 0.15) is 19.3 Å². The summed E-state index contributed by atoms with van der Waals surface area (Å²) >= 11 is 0. The van der Waals surface area contributed by atoms with Crippen molar-refractivity contribution in [2.24, 2.45) is 5.92 Å². The minimum absolute atomic E-state index is 0.754. The second-order valence-electron chi connectivity index (χ2n) is 5.97. The lowest BCUT2D eigenvalue weighted by atomic mass is 10.0. The lowest BCUT2D eigenvalue weighted by molar-refractivity contribution is 0.145. The maximum Gasteiger partial charge on any atom is 0.0507 e. The SMILES string of the molecule is CN(C)C1CCN(CCNCC2CCOC2)CC1. The van der Waals surface area contributed by atoms with Crippen LogP contribution >= 0.6 is 0 Å². The third kappa shape index (κ3) is 4.50. The third-order valence-electron chi connectivity index (χ3n) is 4.35. The first-order chi connectivity index (χ1) is 8.75. The van der Waals surface area contributed by atoms with E-state index in [1.807, 2.05) is 0 Å². The maximum absolute atomic E-state index is 5.38. The molecule has 4 heteroatoms. The van der Waals surface area contributed by atoms with Gasteiger partial charge in [-0.25, -0.2) is 0 Å². The zero-order chi connectivity index (χ0) is 12.8. The van der Waals surface area contributed by atoms with Crippen molar-refractivity contribution in [3.05, 3.63) is 0 Å². The summed E-state index contributed by atoms with van der Waals surface area (Å²) in [5, 5.41) is 3.58. The van der Waals surface area contributed by atoms with Crippen molar-refractivity contribution < 1.29 is 4.74 Å². The van der Waals surface area contributed by atoms with Crippen molar-refractivity contribution in [3.63, 3.8) is 0 Å². The molecule has 0 amide bonds. The van der Waals surface area contributed by atoms with E-state index in [9.17, 15) is 0 Å². The Kier molecular flexibility index (Phi) is 5.89. The Morgan fingerprint density at radius 3 is 2.61 bits per heavy atom. The van der Waals surface area contributed by atoms with Crippen LogP contribution in [-0.4, -0.2) is 75.9 Å². The van der Waals surface area contributed by atoms with Crippen molar-refractivity contribution in [1.82, 2.24) is 15.1 Å². The average Bonchev–Trinajstić information content (AvgIpc) is 2.88. The molecule has 0 aromatic carbocycles. The molecule has 0 saturated carbocycles. The van der Waals surface area contributed by atoms with Crippen LogP contribution < -0.4 is 5.32 Å². The fourth-order valence-corrected chi connectivity index (χ4v) is 2.95. The summed E-state index contributed by atoms with van der Waals surface area (Å²) in [7, 11) is 4.40. The minimum Gasteiger partial charge on any atom is -0.381 e. The zero-order valence-corrected chi connectivity index (χ0v) is 12.0. The summed E-state index contributed by atoms with van der Waals surface area (Å²) in [6, 6.07) is 0.796. The number of hydrogen-bond donors (Lipinski definition) is 1. The molecular weight excluding hydrogens is 226 g/mol. The van der Waals surface area contributed by atoms with E-state index in [2.05, 4.69) is 29.2 Å². The van der Waals surface area contributed by atoms with Crippen molar-refractivity contribution in [2.45, 2.75) is 25.3 Å². The van der Waals surface area contributed by atoms with Crippen molar-refractivity contribution >= 4 is 0 Å². The first-order valence-electron chi connectivity index (χ1n) is 7.43. The molecule has 1 atom stereocenters. The molecule has 0 aliphatic carbocycles. The predicted octanol–water partition coefficient (Wildman–Crippen LogP) is 0.639. The van der Waals surface area contributed by atoms with E-state index in [-0.39, 0.29) is 0 Å². The summed E-state index contributed by atoms with van der Waals surface area (Å²) in [6.45, 7) is 7.91. The monoisotopic (exact) mass is 255 g/mol. The van der Waals surface area contributed by atoms with Crippen molar-refractivity contribution in [1.29, 1.82) is 0 Å². The Labute approximate surface area is 112 Å². The van der Waals surface area contributed by atoms with Gasteiger partial charge in [0.05, 0.1) is 6.61 Å². The highest BCUT2D eigenvalue weighted by molar-refractivity contribution is 4.77. The fourth-order valence-electron chi connectivity index (χ4n) is 2.95. The number of ether oxygens (including phenoxy) is 1. The Hall–Kier alpha value is -0.160. The van der Waals surface area contributed by atoms with Crippen LogP contribution in [0.5, 0.6) is 0 Å². The van der Waals surface area contributed by atoms with E-state index < -0.39 is 0 Å². The van der Waals surface area contributed by atoms with E-state index >= 15 is 0 Å². The highest BCUT2D eigenvalue weighted by Gasteiger charge is 2.20. The van der Waals surface area contributed by atoms with Crippen LogP contribution in [0.3, 0.4) is 0 Å². The van der Waals surface area contributed by atoms with Gasteiger partial charge in [-0.15, -0.1) is 0 Å². The summed E-state index contributed by atoms with van der Waals surface area (Å²) < 4.78 is 5.38. The van der Waals surface area contributed by atoms with Gasteiger partial charge in [-0.3, -0.25) is 0 Å². The summed E-state index contributed by atoms with van der Waals surface area (Å²) in [4.78, 5) is 4.97. The van der Waals surface area contributed by atoms with Crippen LogP contribution in [0.4, 0.5) is 0 Å². The lowest BCUT2D eigenvalue weighted by Crippen LogP contribution is -2.44. The van der Waals surface area contributed by atoms with Gasteiger partial charge in [-0.2, -0.15) is 0 Å². The summed E-state index contributed by atoms with van der Waals surface area (Å²) in [5.74, 6) is 0.754. The smallest absolute Gasteiger partial charge is 0.0507 e. The Bertz CT molecular complexity index is 221. The Morgan fingerprint density at radius 1 is 1.22 bits per heavy atom. The molecule has 2 heterocycles. The normalized spacial score (nSPS) is 27.2. The van der Waals surface area contributed by atoms with Gasteiger partial charge in [-0.05, 0) is 52.4 Å². The molecule has 2 rings (SSSR count). The highest BCUT2D eigenvalue weighted by Crippen LogP contribution is 2.13. The van der Waals surface area contributed by atoms with Gasteiger partial charge in [0, 0.05) is 32.3 Å². The van der Waals surface area contributed by atoms with Crippen LogP contribution in [0.2, 0.25) is 0 Å². The minimum atomic E-state index is 0.754. The maximum atomic E-state index is 5.38. The predicted molar refractivity (Wildman–Crippen MR) is 74.9 cm³/mol. The van der Waals surface area contributed by atoms with Crippen LogP contribution in [0.25, 0.3) is 0 Å². The zero-order valence-electron chi connectivity index (χ0n) is 12.0. The molecule has 0 aromatic heterocycles. The van der Waals surface area contributed by atoms with Gasteiger partial charge in [0.25, 0.3) is 0 Å². The van der Waals surface area contributed by atoms with Crippen molar-refractivity contribution in [3.8, 4) is 0 Å². The largest absolute Gasteiger partial charge is 0.381 e. The molecule has 2 saturated heterocycles. The van der Waals surface area contributed by atoms with E-state index in [4.69, 9.17) is 4.74 Å². The molecule has 18 heavy (non-hydrogen) atoms. The van der Waals surface area contributed by atoms with Gasteiger partial charge < -0.3 is 19.9 Å². The molecule has 106 valence electrons. The van der Waals surface area contributed by atoms with E-state index in [1.165, 1.54) is 38.9 Å². The molecule has 2 fully saturated rings. The molecule has 1 unspecified atom stereocenters. The molecule has 1 N–H and O–H groups in total. The molecule has 0 aromatic rings. The van der Waals surface area contributed by atoms with E-state index in [0.29, 0.717) is 0 Å². The molecule has 0 bridgehead atoms. The standard InChI is InChI=1S/C14H29N3O/c1-16(2)14-3-7-17(8-4-14)9-6-15-11-13-5-10-18-12-13/h13-15H,3-12H2,1-2H3. The Balaban J connectivity index is 1.50. The van der Waals surface area contributed by atoms with E-state index in [1.54, 1.807) is 0 Å². The molecule has 0 spiro atoms. The van der Waals surface area contributed by atoms with Gasteiger partial charge >= 0.3 is 0 Å². The van der Waals surface area contributed by atoms with Gasteiger partial charge in [-0.1, -0.05) is 0 Å². The molecule has 0 radical (unpaired) electrons. The van der Waals surface area contributed by atoms with Gasteiger partial charge in [0.15, 0.2) is 0 Å². The molecular formula is C14H29N3O. The van der Waals surface area contributed by atoms with Gasteiger partial charge in [0.2, 0.25) is 0 Å². The number of hydrogen-bond acceptors (Lipinski definition) is 4. The Morgan fingerprint density at radius 2 is 2.00 bits per heavy atom. The van der Waals surface area contributed by atoms with Gasteiger partial charge in [0.1, 0.15) is 0 Å². The van der Waals surface area contributed by atoms with Crippen molar-refractivity contribution in [2.75, 3.05) is 60.0 Å². The first kappa shape index (κ1) is 14.3. The second-order valence-corrected chi connectivity index (χ2v) is 5.97. The average molecular weight is 255 g/mol. The number of nitrogens with zero attached hydrogens (tertiary/aromatic N) is 2. The molecule has 4 nitrogen and oxygen atoms in total. The van der Waals surface area contributed by atoms with Crippen LogP contribution in [0.15, 0.2) is 0 Å². The van der Waals surface area contributed by atoms with Crippen LogP contribution in [-0.2, 0) is 4.74 Å². The number of likely N-dealkylation sites (tertiary alicyclic amines) is 1. The molecule has 2 aliphatic heterocycles. The third-order valence-corrected chi connectivity index (χ3v) is 4.35. The fraction of sp³-hybridized carbons (Fsp3) is 1.00. The lowest BCUT2D eigenvalue weighted by Gasteiger charge is -2.35. The topological polar surface area (TPSA) is 27.7 Å². The van der Waals surface area contributed by atoms with Crippen LogP contribution in [0, 0.1) is 5.92 Å². The first-order valence-corrected chi connectivity index (χ1v) is 7.43. The van der Waals surface area contributed by atoms with E-state index in [0.717, 1.165) is 38.3 Å². The number of nitrogens with one attached hydrogen (secondary N) is 1. The second kappa shape index (κ2) is 7.43.